The Morgan fingerprint density at radius 3 is 2.21 bits per heavy atom. The van der Waals surface area contributed by atoms with Gasteiger partial charge in [-0.15, -0.1) is 0 Å². The summed E-state index contributed by atoms with van der Waals surface area (Å²) in [5.74, 6) is 0.509. The SMILES string of the molecule is CCCOc1ccc(CN2C(=O)NC(=O)/C(=C\c3ccc(OCc4ccccc4Cl)c(OCC)c3)C2=O)cc1OCC. The fourth-order valence-corrected chi connectivity index (χ4v) is 4.40. The van der Waals surface area contributed by atoms with Gasteiger partial charge in [-0.3, -0.25) is 19.8 Å². The minimum absolute atomic E-state index is 0.0670. The van der Waals surface area contributed by atoms with Crippen LogP contribution in [0.25, 0.3) is 6.08 Å². The molecule has 3 aromatic carbocycles. The van der Waals surface area contributed by atoms with Crippen molar-refractivity contribution in [1.82, 2.24) is 10.2 Å². The molecule has 1 aliphatic heterocycles. The van der Waals surface area contributed by atoms with E-state index >= 15 is 0 Å². The molecule has 9 nitrogen and oxygen atoms in total. The molecule has 4 amide bonds. The van der Waals surface area contributed by atoms with Crippen molar-refractivity contribution in [1.29, 1.82) is 0 Å². The van der Waals surface area contributed by atoms with Gasteiger partial charge in [0.25, 0.3) is 11.8 Å². The summed E-state index contributed by atoms with van der Waals surface area (Å²) in [6.07, 6.45) is 2.26. The number of halogens is 1. The summed E-state index contributed by atoms with van der Waals surface area (Å²) in [5, 5.41) is 2.85. The highest BCUT2D eigenvalue weighted by Crippen LogP contribution is 2.32. The number of nitrogens with one attached hydrogen (secondary N) is 1. The lowest BCUT2D eigenvalue weighted by Crippen LogP contribution is -2.53. The largest absolute Gasteiger partial charge is 0.490 e. The second kappa shape index (κ2) is 14.4. The molecule has 0 unspecified atom stereocenters. The van der Waals surface area contributed by atoms with Crippen LogP contribution in [0.15, 0.2) is 66.2 Å². The summed E-state index contributed by atoms with van der Waals surface area (Å²) in [6.45, 7) is 7.18. The van der Waals surface area contributed by atoms with Gasteiger partial charge < -0.3 is 18.9 Å². The Kier molecular flexibility index (Phi) is 10.4. The van der Waals surface area contributed by atoms with Gasteiger partial charge in [0.15, 0.2) is 23.0 Å². The first-order chi connectivity index (χ1) is 20.3. The van der Waals surface area contributed by atoms with Crippen molar-refractivity contribution >= 4 is 35.5 Å². The van der Waals surface area contributed by atoms with Crippen LogP contribution in [0.4, 0.5) is 4.79 Å². The summed E-state index contributed by atoms with van der Waals surface area (Å²) < 4.78 is 23.2. The maximum absolute atomic E-state index is 13.4. The second-order valence-electron chi connectivity index (χ2n) is 9.29. The molecule has 0 atom stereocenters. The Morgan fingerprint density at radius 1 is 0.810 bits per heavy atom. The summed E-state index contributed by atoms with van der Waals surface area (Å²) >= 11 is 6.24. The Labute approximate surface area is 250 Å². The zero-order chi connectivity index (χ0) is 30.1. The van der Waals surface area contributed by atoms with Crippen LogP contribution in [0, 0.1) is 0 Å². The highest BCUT2D eigenvalue weighted by atomic mass is 35.5. The molecule has 0 radical (unpaired) electrons. The minimum Gasteiger partial charge on any atom is -0.490 e. The van der Waals surface area contributed by atoms with E-state index in [-0.39, 0.29) is 18.7 Å². The molecule has 0 aromatic heterocycles. The van der Waals surface area contributed by atoms with Crippen molar-refractivity contribution in [2.45, 2.75) is 40.3 Å². The van der Waals surface area contributed by atoms with Crippen LogP contribution < -0.4 is 24.3 Å². The highest BCUT2D eigenvalue weighted by molar-refractivity contribution is 6.31. The summed E-state index contributed by atoms with van der Waals surface area (Å²) in [6, 6.07) is 16.9. The van der Waals surface area contributed by atoms with Crippen molar-refractivity contribution < 1.29 is 33.3 Å². The second-order valence-corrected chi connectivity index (χ2v) is 9.70. The molecule has 0 spiro atoms. The molecular weight excluding hydrogens is 560 g/mol. The Hall–Kier alpha value is -4.50. The average molecular weight is 593 g/mol. The maximum atomic E-state index is 13.4. The first kappa shape index (κ1) is 30.5. The zero-order valence-electron chi connectivity index (χ0n) is 23.8. The lowest BCUT2D eigenvalue weighted by atomic mass is 10.1. The summed E-state index contributed by atoms with van der Waals surface area (Å²) in [7, 11) is 0. The average Bonchev–Trinajstić information content (AvgIpc) is 2.97. The first-order valence-corrected chi connectivity index (χ1v) is 14.1. The zero-order valence-corrected chi connectivity index (χ0v) is 24.5. The third-order valence-corrected chi connectivity index (χ3v) is 6.58. The smallest absolute Gasteiger partial charge is 0.331 e. The summed E-state index contributed by atoms with van der Waals surface area (Å²) in [4.78, 5) is 39.8. The number of ether oxygens (including phenoxy) is 4. The van der Waals surface area contributed by atoms with Gasteiger partial charge in [0.2, 0.25) is 0 Å². The van der Waals surface area contributed by atoms with E-state index in [1.807, 2.05) is 39.0 Å². The Morgan fingerprint density at radius 2 is 1.50 bits per heavy atom. The molecule has 1 fully saturated rings. The molecular formula is C32H33ClN2O7. The molecule has 1 aliphatic rings. The van der Waals surface area contributed by atoms with E-state index in [4.69, 9.17) is 30.5 Å². The lowest BCUT2D eigenvalue weighted by Gasteiger charge is -2.26. The van der Waals surface area contributed by atoms with E-state index in [0.717, 1.165) is 16.9 Å². The number of urea groups is 1. The molecule has 4 rings (SSSR count). The maximum Gasteiger partial charge on any atom is 0.331 e. The molecule has 0 bridgehead atoms. The van der Waals surface area contributed by atoms with Crippen LogP contribution in [0.3, 0.4) is 0 Å². The van der Waals surface area contributed by atoms with Gasteiger partial charge in [0, 0.05) is 10.6 Å². The van der Waals surface area contributed by atoms with E-state index in [2.05, 4.69) is 5.32 Å². The van der Waals surface area contributed by atoms with Gasteiger partial charge in [-0.05, 0) is 67.8 Å². The van der Waals surface area contributed by atoms with Gasteiger partial charge in [-0.1, -0.05) is 48.9 Å². The van der Waals surface area contributed by atoms with E-state index in [1.165, 1.54) is 6.08 Å². The number of hydrogen-bond donors (Lipinski definition) is 1. The van der Waals surface area contributed by atoms with Crippen LogP contribution in [-0.4, -0.2) is 42.6 Å². The molecule has 1 heterocycles. The number of barbiturate groups is 1. The number of carbonyl (C=O) groups is 3. The number of amides is 4. The first-order valence-electron chi connectivity index (χ1n) is 13.7. The third-order valence-electron chi connectivity index (χ3n) is 6.22. The number of nitrogens with zero attached hydrogens (tertiary/aromatic N) is 1. The molecule has 10 heteroatoms. The minimum atomic E-state index is -0.801. The standard InChI is InChI=1S/C32H33ClN2O7/c1-4-15-41-26-14-12-22(18-29(26)40-6-3)19-35-31(37)24(30(36)34-32(35)38)16-21-11-13-27(28(17-21)39-5-2)42-20-23-9-7-8-10-25(23)33/h7-14,16-18H,4-6,15,19-20H2,1-3H3,(H,34,36,38)/b24-16+. The lowest BCUT2D eigenvalue weighted by molar-refractivity contribution is -0.130. The highest BCUT2D eigenvalue weighted by Gasteiger charge is 2.36. The van der Waals surface area contributed by atoms with E-state index in [0.29, 0.717) is 59.0 Å². The molecule has 1 N–H and O–H groups in total. The van der Waals surface area contributed by atoms with E-state index < -0.39 is 17.8 Å². The van der Waals surface area contributed by atoms with Crippen LogP contribution in [0.2, 0.25) is 5.02 Å². The Balaban J connectivity index is 1.56. The Bertz CT molecular complexity index is 1490. The molecule has 1 saturated heterocycles. The molecule has 0 aliphatic carbocycles. The van der Waals surface area contributed by atoms with Gasteiger partial charge in [0.05, 0.1) is 26.4 Å². The number of carbonyl (C=O) groups excluding carboxylic acids is 3. The van der Waals surface area contributed by atoms with Crippen LogP contribution in [0.1, 0.15) is 43.9 Å². The van der Waals surface area contributed by atoms with Crippen molar-refractivity contribution in [2.24, 2.45) is 0 Å². The van der Waals surface area contributed by atoms with Gasteiger partial charge in [0.1, 0.15) is 12.2 Å². The molecule has 3 aromatic rings. The number of benzene rings is 3. The molecule has 42 heavy (non-hydrogen) atoms. The molecule has 0 saturated carbocycles. The fourth-order valence-electron chi connectivity index (χ4n) is 4.21. The predicted molar refractivity (Wildman–Crippen MR) is 159 cm³/mol. The normalized spacial score (nSPS) is 14.1. The van der Waals surface area contributed by atoms with Crippen molar-refractivity contribution in [3.8, 4) is 23.0 Å². The quantitative estimate of drug-likeness (QED) is 0.187. The summed E-state index contributed by atoms with van der Waals surface area (Å²) in [5.41, 5.74) is 1.79. The van der Waals surface area contributed by atoms with Crippen molar-refractivity contribution in [2.75, 3.05) is 19.8 Å². The topological polar surface area (TPSA) is 103 Å². The van der Waals surface area contributed by atoms with Crippen LogP contribution in [-0.2, 0) is 22.7 Å². The van der Waals surface area contributed by atoms with E-state index in [9.17, 15) is 14.4 Å². The number of rotatable bonds is 13. The number of hydrogen-bond acceptors (Lipinski definition) is 7. The van der Waals surface area contributed by atoms with E-state index in [1.54, 1.807) is 42.5 Å². The van der Waals surface area contributed by atoms with Gasteiger partial charge in [-0.25, -0.2) is 4.79 Å². The van der Waals surface area contributed by atoms with Crippen molar-refractivity contribution in [3.05, 3.63) is 87.9 Å². The van der Waals surface area contributed by atoms with Gasteiger partial charge in [-0.2, -0.15) is 0 Å². The predicted octanol–water partition coefficient (Wildman–Crippen LogP) is 6.17. The third kappa shape index (κ3) is 7.41. The fraction of sp³-hybridized carbons (Fsp3) is 0.281. The van der Waals surface area contributed by atoms with Crippen LogP contribution in [0.5, 0.6) is 23.0 Å². The molecule has 220 valence electrons. The monoisotopic (exact) mass is 592 g/mol. The van der Waals surface area contributed by atoms with Crippen molar-refractivity contribution in [3.63, 3.8) is 0 Å². The number of imide groups is 2. The van der Waals surface area contributed by atoms with Crippen LogP contribution >= 0.6 is 11.6 Å². The van der Waals surface area contributed by atoms with Gasteiger partial charge >= 0.3 is 6.03 Å².